The average Bonchev–Trinajstić information content (AvgIpc) is 2.98. The molecule has 1 atom stereocenters. The van der Waals surface area contributed by atoms with Crippen molar-refractivity contribution in [1.29, 1.82) is 0 Å². The van der Waals surface area contributed by atoms with E-state index in [2.05, 4.69) is 21.0 Å². The molecule has 1 unspecified atom stereocenters. The number of benzene rings is 2. The van der Waals surface area contributed by atoms with Crippen molar-refractivity contribution < 1.29 is 12.8 Å². The second kappa shape index (κ2) is 6.86. The van der Waals surface area contributed by atoms with Crippen LogP contribution in [0, 0.1) is 0 Å². The van der Waals surface area contributed by atoms with Crippen LogP contribution < -0.4 is 0 Å². The fourth-order valence-corrected chi connectivity index (χ4v) is 3.84. The molecule has 0 spiro atoms. The summed E-state index contributed by atoms with van der Waals surface area (Å²) < 4.78 is 42.3. The molecule has 3 aromatic rings. The lowest BCUT2D eigenvalue weighted by molar-refractivity contribution is 0.293. The molecule has 0 N–H and O–H groups in total. The Balaban J connectivity index is 1.81. The summed E-state index contributed by atoms with van der Waals surface area (Å²) in [5, 5.41) is 5.28. The van der Waals surface area contributed by atoms with Gasteiger partial charge in [0.2, 0.25) is 10.0 Å². The van der Waals surface area contributed by atoms with Crippen LogP contribution in [0.3, 0.4) is 0 Å². The van der Waals surface area contributed by atoms with Crippen molar-refractivity contribution in [2.24, 2.45) is 0 Å². The Bertz CT molecular complexity index is 1000. The van der Waals surface area contributed by atoms with Gasteiger partial charge in [-0.15, -0.1) is 0 Å². The van der Waals surface area contributed by atoms with Crippen LogP contribution >= 0.6 is 15.9 Å². The summed E-state index contributed by atoms with van der Waals surface area (Å²) in [6.07, 6.45) is 0.501. The van der Waals surface area contributed by atoms with E-state index in [0.29, 0.717) is 5.56 Å². The zero-order valence-corrected chi connectivity index (χ0v) is 16.1. The molecule has 0 aliphatic rings. The molecule has 0 saturated carbocycles. The fraction of sp³-hybridized carbons (Fsp3) is 0.235. The summed E-state index contributed by atoms with van der Waals surface area (Å²) in [6.45, 7) is 0.0564. The first-order valence-corrected chi connectivity index (χ1v) is 9.80. The first-order chi connectivity index (χ1) is 11.8. The average molecular weight is 426 g/mol. The van der Waals surface area contributed by atoms with E-state index in [1.807, 2.05) is 18.2 Å². The van der Waals surface area contributed by atoms with Crippen molar-refractivity contribution >= 4 is 36.9 Å². The van der Waals surface area contributed by atoms with E-state index in [9.17, 15) is 12.8 Å². The SMILES string of the molecule is CN(C)S(=O)(=O)c1ccc(C(F)Cn2cc3c(Br)cccc3n2)cc1. The quantitative estimate of drug-likeness (QED) is 0.625. The smallest absolute Gasteiger partial charge is 0.242 e. The number of halogens is 2. The number of fused-ring (bicyclic) bond motifs is 1. The second-order valence-electron chi connectivity index (χ2n) is 5.85. The summed E-state index contributed by atoms with van der Waals surface area (Å²) in [5.74, 6) is 0. The zero-order chi connectivity index (χ0) is 18.2. The topological polar surface area (TPSA) is 55.2 Å². The third-order valence-electron chi connectivity index (χ3n) is 3.91. The number of hydrogen-bond donors (Lipinski definition) is 0. The molecule has 0 amide bonds. The van der Waals surface area contributed by atoms with Crippen molar-refractivity contribution in [2.75, 3.05) is 14.1 Å². The summed E-state index contributed by atoms with van der Waals surface area (Å²) in [5.41, 5.74) is 1.20. The van der Waals surface area contributed by atoms with Crippen LogP contribution in [0.2, 0.25) is 0 Å². The molecule has 1 aromatic heterocycles. The summed E-state index contributed by atoms with van der Waals surface area (Å²) in [7, 11) is -0.592. The van der Waals surface area contributed by atoms with E-state index < -0.39 is 16.2 Å². The second-order valence-corrected chi connectivity index (χ2v) is 8.85. The Morgan fingerprint density at radius 2 is 1.88 bits per heavy atom. The molecule has 2 aromatic carbocycles. The minimum absolute atomic E-state index is 0.0564. The Morgan fingerprint density at radius 1 is 1.20 bits per heavy atom. The maximum atomic E-state index is 14.6. The first-order valence-electron chi connectivity index (χ1n) is 7.57. The van der Waals surface area contributed by atoms with Gasteiger partial charge in [0.25, 0.3) is 0 Å². The van der Waals surface area contributed by atoms with Crippen LogP contribution in [0.1, 0.15) is 11.7 Å². The molecule has 25 heavy (non-hydrogen) atoms. The predicted molar refractivity (Wildman–Crippen MR) is 98.6 cm³/mol. The Morgan fingerprint density at radius 3 is 2.48 bits per heavy atom. The molecule has 0 aliphatic heterocycles. The number of aromatic nitrogens is 2. The van der Waals surface area contributed by atoms with Gasteiger partial charge < -0.3 is 0 Å². The fourth-order valence-electron chi connectivity index (χ4n) is 2.48. The number of sulfonamides is 1. The minimum Gasteiger partial charge on any atom is -0.268 e. The van der Waals surface area contributed by atoms with Crippen LogP contribution in [0.25, 0.3) is 10.9 Å². The lowest BCUT2D eigenvalue weighted by Crippen LogP contribution is -2.22. The Kier molecular flexibility index (Phi) is 4.95. The lowest BCUT2D eigenvalue weighted by atomic mass is 10.1. The largest absolute Gasteiger partial charge is 0.268 e. The normalized spacial score (nSPS) is 13.5. The number of nitrogens with zero attached hydrogens (tertiary/aromatic N) is 3. The van der Waals surface area contributed by atoms with Gasteiger partial charge in [-0.05, 0) is 29.8 Å². The summed E-state index contributed by atoms with van der Waals surface area (Å²) in [6, 6.07) is 11.5. The van der Waals surface area contributed by atoms with Crippen molar-refractivity contribution in [3.05, 3.63) is 58.7 Å². The van der Waals surface area contributed by atoms with E-state index in [-0.39, 0.29) is 11.4 Å². The maximum Gasteiger partial charge on any atom is 0.242 e. The summed E-state index contributed by atoms with van der Waals surface area (Å²) >= 11 is 3.45. The van der Waals surface area contributed by atoms with Crippen LogP contribution in [-0.2, 0) is 16.6 Å². The van der Waals surface area contributed by atoms with Gasteiger partial charge in [-0.2, -0.15) is 5.10 Å². The number of hydrogen-bond acceptors (Lipinski definition) is 3. The molecule has 3 rings (SSSR count). The van der Waals surface area contributed by atoms with Crippen molar-refractivity contribution in [1.82, 2.24) is 14.1 Å². The van der Waals surface area contributed by atoms with Crippen molar-refractivity contribution in [3.63, 3.8) is 0 Å². The molecule has 132 valence electrons. The molecular weight excluding hydrogens is 409 g/mol. The van der Waals surface area contributed by atoms with Gasteiger partial charge in [-0.1, -0.05) is 34.1 Å². The van der Waals surface area contributed by atoms with E-state index >= 15 is 0 Å². The molecule has 0 saturated heterocycles. The van der Waals surface area contributed by atoms with E-state index in [0.717, 1.165) is 19.7 Å². The molecule has 0 bridgehead atoms. The molecular formula is C17H17BrFN3O2S. The third kappa shape index (κ3) is 3.61. The van der Waals surface area contributed by atoms with Gasteiger partial charge in [0.1, 0.15) is 6.17 Å². The van der Waals surface area contributed by atoms with Crippen LogP contribution in [0.5, 0.6) is 0 Å². The van der Waals surface area contributed by atoms with Gasteiger partial charge in [0.15, 0.2) is 0 Å². The highest BCUT2D eigenvalue weighted by Gasteiger charge is 2.18. The number of alkyl halides is 1. The zero-order valence-electron chi connectivity index (χ0n) is 13.7. The summed E-state index contributed by atoms with van der Waals surface area (Å²) in [4.78, 5) is 0.141. The lowest BCUT2D eigenvalue weighted by Gasteiger charge is -2.13. The number of rotatable bonds is 5. The van der Waals surface area contributed by atoms with E-state index in [4.69, 9.17) is 0 Å². The van der Waals surface area contributed by atoms with Gasteiger partial charge in [0.05, 0.1) is 17.0 Å². The maximum absolute atomic E-state index is 14.6. The van der Waals surface area contributed by atoms with Gasteiger partial charge in [0, 0.05) is 30.2 Å². The van der Waals surface area contributed by atoms with Gasteiger partial charge >= 0.3 is 0 Å². The highest BCUT2D eigenvalue weighted by molar-refractivity contribution is 9.10. The minimum atomic E-state index is -3.51. The molecule has 0 radical (unpaired) electrons. The highest BCUT2D eigenvalue weighted by atomic mass is 79.9. The molecule has 0 fully saturated rings. The van der Waals surface area contributed by atoms with Gasteiger partial charge in [-0.3, -0.25) is 4.68 Å². The molecule has 8 heteroatoms. The van der Waals surface area contributed by atoms with Gasteiger partial charge in [-0.25, -0.2) is 17.1 Å². The molecule has 0 aliphatic carbocycles. The first kappa shape index (κ1) is 18.0. The Labute approximate surface area is 154 Å². The monoisotopic (exact) mass is 425 g/mol. The standard InChI is InChI=1S/C17H17BrFN3O2S/c1-21(2)25(23,24)13-8-6-12(7-9-13)16(19)11-22-10-14-15(18)4-3-5-17(14)20-22/h3-10,16H,11H2,1-2H3. The van der Waals surface area contributed by atoms with Crippen molar-refractivity contribution in [3.8, 4) is 0 Å². The van der Waals surface area contributed by atoms with Crippen LogP contribution in [0.4, 0.5) is 4.39 Å². The van der Waals surface area contributed by atoms with E-state index in [1.165, 1.54) is 38.4 Å². The van der Waals surface area contributed by atoms with Crippen LogP contribution in [0.15, 0.2) is 58.0 Å². The molecule has 5 nitrogen and oxygen atoms in total. The molecule has 1 heterocycles. The predicted octanol–water partition coefficient (Wildman–Crippen LogP) is 3.76. The highest BCUT2D eigenvalue weighted by Crippen LogP contribution is 2.26. The third-order valence-corrected chi connectivity index (χ3v) is 6.43. The van der Waals surface area contributed by atoms with Crippen molar-refractivity contribution in [2.45, 2.75) is 17.6 Å². The Hall–Kier alpha value is -1.77. The van der Waals surface area contributed by atoms with E-state index in [1.54, 1.807) is 10.9 Å². The van der Waals surface area contributed by atoms with Crippen LogP contribution in [-0.4, -0.2) is 36.6 Å².